The average molecular weight is 413 g/mol. The van der Waals surface area contributed by atoms with Crippen LogP contribution in [-0.2, 0) is 16.0 Å². The van der Waals surface area contributed by atoms with Gasteiger partial charge in [0.2, 0.25) is 5.91 Å². The van der Waals surface area contributed by atoms with Gasteiger partial charge in [-0.05, 0) is 36.3 Å². The second-order valence-corrected chi connectivity index (χ2v) is 9.37. The van der Waals surface area contributed by atoms with E-state index in [0.29, 0.717) is 6.54 Å². The van der Waals surface area contributed by atoms with Crippen molar-refractivity contribution in [2.45, 2.75) is 44.6 Å². The van der Waals surface area contributed by atoms with Crippen LogP contribution in [0.15, 0.2) is 47.8 Å². The fourth-order valence-electron chi connectivity index (χ4n) is 4.86. The van der Waals surface area contributed by atoms with Crippen molar-refractivity contribution in [3.05, 3.63) is 58.3 Å². The van der Waals surface area contributed by atoms with Gasteiger partial charge in [-0.3, -0.25) is 9.69 Å². The summed E-state index contributed by atoms with van der Waals surface area (Å²) in [7, 11) is 0. The lowest BCUT2D eigenvalue weighted by Gasteiger charge is -2.38. The Morgan fingerprint density at radius 2 is 1.83 bits per heavy atom. The number of thiophene rings is 1. The molecule has 2 aromatic rings. The molecule has 1 saturated carbocycles. The fourth-order valence-corrected chi connectivity index (χ4v) is 5.72. The maximum Gasteiger partial charge on any atom is 0.226 e. The van der Waals surface area contributed by atoms with Crippen LogP contribution in [0.25, 0.3) is 0 Å². The van der Waals surface area contributed by atoms with Crippen molar-refractivity contribution in [2.24, 2.45) is 5.41 Å². The van der Waals surface area contributed by atoms with Crippen molar-refractivity contribution in [2.75, 3.05) is 32.8 Å². The molecule has 2 heterocycles. The molecule has 29 heavy (non-hydrogen) atoms. The number of morpholine rings is 1. The first-order valence-electron chi connectivity index (χ1n) is 10.9. The van der Waals surface area contributed by atoms with Crippen LogP contribution in [0.2, 0.25) is 0 Å². The van der Waals surface area contributed by atoms with Crippen LogP contribution in [-0.4, -0.2) is 43.7 Å². The molecule has 0 radical (unpaired) electrons. The minimum absolute atomic E-state index is 0.236. The molecule has 4 rings (SSSR count). The zero-order valence-corrected chi connectivity index (χ0v) is 18.0. The number of carbonyl (C=O) groups is 1. The van der Waals surface area contributed by atoms with Gasteiger partial charge in [-0.25, -0.2) is 0 Å². The summed E-state index contributed by atoms with van der Waals surface area (Å²) in [6.07, 6.45) is 6.39. The van der Waals surface area contributed by atoms with Crippen LogP contribution in [0.5, 0.6) is 0 Å². The maximum atomic E-state index is 13.5. The smallest absolute Gasteiger partial charge is 0.226 e. The van der Waals surface area contributed by atoms with Gasteiger partial charge in [-0.15, -0.1) is 11.3 Å². The Morgan fingerprint density at radius 1 is 1.07 bits per heavy atom. The van der Waals surface area contributed by atoms with Gasteiger partial charge in [0, 0.05) is 24.5 Å². The third kappa shape index (κ3) is 5.08. The summed E-state index contributed by atoms with van der Waals surface area (Å²) >= 11 is 1.78. The van der Waals surface area contributed by atoms with Gasteiger partial charge >= 0.3 is 0 Å². The highest BCUT2D eigenvalue weighted by molar-refractivity contribution is 7.10. The molecule has 1 aromatic heterocycles. The zero-order valence-electron chi connectivity index (χ0n) is 17.1. The van der Waals surface area contributed by atoms with Crippen LogP contribution in [0.4, 0.5) is 0 Å². The normalized spacial score (nSPS) is 20.8. The van der Waals surface area contributed by atoms with Crippen molar-refractivity contribution in [1.29, 1.82) is 0 Å². The number of ether oxygens (including phenoxy) is 1. The lowest BCUT2D eigenvalue weighted by Crippen LogP contribution is -2.48. The van der Waals surface area contributed by atoms with Crippen LogP contribution in [0, 0.1) is 5.41 Å². The predicted octanol–water partition coefficient (Wildman–Crippen LogP) is 4.43. The summed E-state index contributed by atoms with van der Waals surface area (Å²) in [6, 6.07) is 15.1. The summed E-state index contributed by atoms with van der Waals surface area (Å²) in [5.74, 6) is 0.246. The second kappa shape index (κ2) is 9.88. The number of rotatable bonds is 7. The van der Waals surface area contributed by atoms with Gasteiger partial charge < -0.3 is 10.1 Å². The van der Waals surface area contributed by atoms with E-state index in [-0.39, 0.29) is 17.4 Å². The van der Waals surface area contributed by atoms with E-state index in [1.807, 2.05) is 6.07 Å². The molecular weight excluding hydrogens is 380 g/mol. The van der Waals surface area contributed by atoms with E-state index in [0.717, 1.165) is 58.4 Å². The van der Waals surface area contributed by atoms with Gasteiger partial charge in [0.25, 0.3) is 0 Å². The summed E-state index contributed by atoms with van der Waals surface area (Å²) in [5, 5.41) is 5.51. The third-order valence-corrected chi connectivity index (χ3v) is 7.47. The van der Waals surface area contributed by atoms with Crippen molar-refractivity contribution in [3.63, 3.8) is 0 Å². The Labute approximate surface area is 178 Å². The van der Waals surface area contributed by atoms with E-state index in [1.54, 1.807) is 11.3 Å². The molecule has 5 heteroatoms. The molecule has 1 aromatic carbocycles. The van der Waals surface area contributed by atoms with Crippen molar-refractivity contribution in [1.82, 2.24) is 10.2 Å². The van der Waals surface area contributed by atoms with Gasteiger partial charge in [-0.1, -0.05) is 55.7 Å². The minimum Gasteiger partial charge on any atom is -0.379 e. The average Bonchev–Trinajstić information content (AvgIpc) is 3.30. The molecule has 1 saturated heterocycles. The Balaban J connectivity index is 1.47. The highest BCUT2D eigenvalue weighted by Gasteiger charge is 2.39. The summed E-state index contributed by atoms with van der Waals surface area (Å²) in [6.45, 7) is 4.07. The predicted molar refractivity (Wildman–Crippen MR) is 118 cm³/mol. The highest BCUT2D eigenvalue weighted by atomic mass is 32.1. The van der Waals surface area contributed by atoms with E-state index in [1.165, 1.54) is 16.9 Å². The molecule has 4 nitrogen and oxygen atoms in total. The molecule has 0 unspecified atom stereocenters. The van der Waals surface area contributed by atoms with Gasteiger partial charge in [0.15, 0.2) is 0 Å². The molecule has 1 aliphatic carbocycles. The Kier molecular flexibility index (Phi) is 7.01. The Hall–Kier alpha value is -1.69. The minimum atomic E-state index is -0.259. The first-order chi connectivity index (χ1) is 14.3. The second-order valence-electron chi connectivity index (χ2n) is 8.39. The monoisotopic (exact) mass is 412 g/mol. The van der Waals surface area contributed by atoms with Crippen LogP contribution < -0.4 is 5.32 Å². The molecule has 1 aliphatic heterocycles. The number of amides is 1. The number of nitrogens with one attached hydrogen (secondary N) is 1. The molecule has 0 bridgehead atoms. The van der Waals surface area contributed by atoms with Crippen LogP contribution in [0.1, 0.15) is 48.6 Å². The maximum absolute atomic E-state index is 13.5. The summed E-state index contributed by atoms with van der Waals surface area (Å²) < 4.78 is 5.54. The first-order valence-corrected chi connectivity index (χ1v) is 11.8. The van der Waals surface area contributed by atoms with E-state index in [9.17, 15) is 4.79 Å². The largest absolute Gasteiger partial charge is 0.379 e. The third-order valence-electron chi connectivity index (χ3n) is 6.49. The fraction of sp³-hybridized carbons (Fsp3) is 0.542. The summed E-state index contributed by atoms with van der Waals surface area (Å²) in [4.78, 5) is 17.3. The molecule has 1 amide bonds. The molecular formula is C24H32N2O2S. The number of hydrogen-bond donors (Lipinski definition) is 1. The quantitative estimate of drug-likeness (QED) is 0.731. The van der Waals surface area contributed by atoms with Crippen molar-refractivity contribution < 1.29 is 9.53 Å². The molecule has 2 fully saturated rings. The molecule has 156 valence electrons. The van der Waals surface area contributed by atoms with Crippen LogP contribution >= 0.6 is 11.3 Å². The van der Waals surface area contributed by atoms with E-state index >= 15 is 0 Å². The van der Waals surface area contributed by atoms with Gasteiger partial charge in [-0.2, -0.15) is 0 Å². The van der Waals surface area contributed by atoms with E-state index in [2.05, 4.69) is 52.0 Å². The lowest BCUT2D eigenvalue weighted by molar-refractivity contribution is -0.133. The Bertz CT molecular complexity index is 750. The van der Waals surface area contributed by atoms with Crippen molar-refractivity contribution in [3.8, 4) is 0 Å². The number of benzene rings is 1. The SMILES string of the molecule is O=C(NC[C@@H](c1cccs1)N1CCOCC1)C1(Cc2ccccc2)CCCCC1. The summed E-state index contributed by atoms with van der Waals surface area (Å²) in [5.41, 5.74) is 1.01. The molecule has 2 aliphatic rings. The Morgan fingerprint density at radius 3 is 2.52 bits per heavy atom. The van der Waals surface area contributed by atoms with Gasteiger partial charge in [0.05, 0.1) is 24.7 Å². The molecule has 0 spiro atoms. The number of carbonyl (C=O) groups excluding carboxylic acids is 1. The van der Waals surface area contributed by atoms with E-state index < -0.39 is 0 Å². The van der Waals surface area contributed by atoms with Crippen LogP contribution in [0.3, 0.4) is 0 Å². The number of hydrogen-bond acceptors (Lipinski definition) is 4. The van der Waals surface area contributed by atoms with E-state index in [4.69, 9.17) is 4.74 Å². The number of nitrogens with zero attached hydrogens (tertiary/aromatic N) is 1. The standard InChI is InChI=1S/C24H32N2O2S/c27-23(24(11-5-2-6-12-24)18-20-8-3-1-4-9-20)25-19-21(22-10-7-17-29-22)26-13-15-28-16-14-26/h1,3-4,7-10,17,21H,2,5-6,11-16,18-19H2,(H,25,27)/t21-/m0/s1. The first kappa shape index (κ1) is 20.6. The molecule has 1 atom stereocenters. The lowest BCUT2D eigenvalue weighted by atomic mass is 9.69. The van der Waals surface area contributed by atoms with Crippen molar-refractivity contribution >= 4 is 17.2 Å². The zero-order chi connectivity index (χ0) is 19.9. The molecule has 1 N–H and O–H groups in total. The van der Waals surface area contributed by atoms with Gasteiger partial charge in [0.1, 0.15) is 0 Å². The highest BCUT2D eigenvalue weighted by Crippen LogP contribution is 2.40. The topological polar surface area (TPSA) is 41.6 Å².